The maximum Gasteiger partial charge on any atom is 0.161 e. The van der Waals surface area contributed by atoms with E-state index in [9.17, 15) is 0 Å². The molecule has 1 aromatic carbocycles. The first-order valence-electron chi connectivity index (χ1n) is 6.71. The van der Waals surface area contributed by atoms with Crippen LogP contribution in [-0.2, 0) is 4.74 Å². The summed E-state index contributed by atoms with van der Waals surface area (Å²) in [7, 11) is 3.24. The van der Waals surface area contributed by atoms with Crippen molar-refractivity contribution >= 4 is 0 Å². The molecule has 0 spiro atoms. The minimum atomic E-state index is -0.154. The van der Waals surface area contributed by atoms with Crippen LogP contribution in [0.25, 0.3) is 0 Å². The van der Waals surface area contributed by atoms with Crippen molar-refractivity contribution < 1.29 is 14.2 Å². The van der Waals surface area contributed by atoms with Gasteiger partial charge < -0.3 is 19.9 Å². The Morgan fingerprint density at radius 3 is 2.42 bits per heavy atom. The number of hydrogen-bond acceptors (Lipinski definition) is 4. The lowest BCUT2D eigenvalue weighted by molar-refractivity contribution is 0.0503. The third kappa shape index (κ3) is 4.73. The van der Waals surface area contributed by atoms with Gasteiger partial charge in [0.25, 0.3) is 0 Å². The fourth-order valence-electron chi connectivity index (χ4n) is 1.94. The van der Waals surface area contributed by atoms with Gasteiger partial charge in [0.05, 0.1) is 33.0 Å². The van der Waals surface area contributed by atoms with E-state index in [0.717, 1.165) is 18.4 Å². The number of benzene rings is 1. The number of hydrogen-bond donors (Lipinski definition) is 1. The van der Waals surface area contributed by atoms with Crippen molar-refractivity contribution in [3.63, 3.8) is 0 Å². The fourth-order valence-corrected chi connectivity index (χ4v) is 1.94. The molecule has 0 saturated carbocycles. The summed E-state index contributed by atoms with van der Waals surface area (Å²) in [6.45, 7) is 4.73. The van der Waals surface area contributed by atoms with Crippen LogP contribution in [0.3, 0.4) is 0 Å². The molecule has 0 aliphatic rings. The number of methoxy groups -OCH3 is 2. The second-order valence-corrected chi connectivity index (χ2v) is 4.65. The summed E-state index contributed by atoms with van der Waals surface area (Å²) >= 11 is 0. The molecule has 0 amide bonds. The van der Waals surface area contributed by atoms with Gasteiger partial charge in [-0.15, -0.1) is 0 Å². The van der Waals surface area contributed by atoms with Crippen LogP contribution in [0.1, 0.15) is 38.3 Å². The molecular weight excluding hydrogens is 242 g/mol. The van der Waals surface area contributed by atoms with Gasteiger partial charge in [-0.2, -0.15) is 0 Å². The van der Waals surface area contributed by atoms with Gasteiger partial charge in [-0.3, -0.25) is 0 Å². The molecule has 19 heavy (non-hydrogen) atoms. The van der Waals surface area contributed by atoms with Crippen LogP contribution < -0.4 is 15.2 Å². The van der Waals surface area contributed by atoms with Gasteiger partial charge in [0, 0.05) is 0 Å². The van der Waals surface area contributed by atoms with Crippen molar-refractivity contribution in [2.24, 2.45) is 5.73 Å². The van der Waals surface area contributed by atoms with Crippen LogP contribution in [-0.4, -0.2) is 26.9 Å². The first-order valence-corrected chi connectivity index (χ1v) is 6.71. The summed E-state index contributed by atoms with van der Waals surface area (Å²) in [6, 6.07) is 5.56. The van der Waals surface area contributed by atoms with Gasteiger partial charge >= 0.3 is 0 Å². The molecule has 0 bridgehead atoms. The topological polar surface area (TPSA) is 53.7 Å². The molecule has 0 fully saturated rings. The normalized spacial score (nSPS) is 13.9. The molecule has 2 N–H and O–H groups in total. The number of ether oxygens (including phenoxy) is 3. The molecule has 108 valence electrons. The minimum Gasteiger partial charge on any atom is -0.493 e. The summed E-state index contributed by atoms with van der Waals surface area (Å²) in [4.78, 5) is 0. The van der Waals surface area contributed by atoms with E-state index in [4.69, 9.17) is 19.9 Å². The molecule has 0 radical (unpaired) electrons. The number of nitrogens with two attached hydrogens (primary N) is 1. The van der Waals surface area contributed by atoms with E-state index in [0.29, 0.717) is 18.1 Å². The molecule has 0 aromatic heterocycles. The van der Waals surface area contributed by atoms with Crippen molar-refractivity contribution in [1.29, 1.82) is 0 Å². The Morgan fingerprint density at radius 1 is 1.16 bits per heavy atom. The molecule has 0 aliphatic heterocycles. The molecule has 0 heterocycles. The molecule has 0 saturated heterocycles. The average Bonchev–Trinajstić information content (AvgIpc) is 2.44. The lowest BCUT2D eigenvalue weighted by Gasteiger charge is -2.18. The smallest absolute Gasteiger partial charge is 0.161 e. The Morgan fingerprint density at radius 2 is 1.84 bits per heavy atom. The minimum absolute atomic E-state index is 0.154. The molecule has 2 atom stereocenters. The van der Waals surface area contributed by atoms with E-state index >= 15 is 0 Å². The van der Waals surface area contributed by atoms with Gasteiger partial charge in [0.1, 0.15) is 0 Å². The number of rotatable bonds is 8. The summed E-state index contributed by atoms with van der Waals surface area (Å²) in [5, 5.41) is 0. The largest absolute Gasteiger partial charge is 0.493 e. The van der Waals surface area contributed by atoms with Crippen LogP contribution >= 0.6 is 0 Å². The SMILES string of the molecule is CCCC(C)OCC(N)c1ccc(OC)c(OC)c1. The zero-order valence-corrected chi connectivity index (χ0v) is 12.3. The van der Waals surface area contributed by atoms with Gasteiger partial charge in [0.2, 0.25) is 0 Å². The Hall–Kier alpha value is -1.26. The summed E-state index contributed by atoms with van der Waals surface area (Å²) in [5.41, 5.74) is 7.12. The van der Waals surface area contributed by atoms with Crippen LogP contribution in [0.5, 0.6) is 11.5 Å². The zero-order valence-electron chi connectivity index (χ0n) is 12.3. The lowest BCUT2D eigenvalue weighted by atomic mass is 10.1. The van der Waals surface area contributed by atoms with Gasteiger partial charge in [-0.05, 0) is 31.0 Å². The summed E-state index contributed by atoms with van der Waals surface area (Å²) in [5.74, 6) is 1.40. The molecule has 1 aromatic rings. The van der Waals surface area contributed by atoms with Gasteiger partial charge in [-0.1, -0.05) is 19.4 Å². The van der Waals surface area contributed by atoms with Crippen molar-refractivity contribution in [2.45, 2.75) is 38.8 Å². The average molecular weight is 267 g/mol. The van der Waals surface area contributed by atoms with E-state index in [1.807, 2.05) is 18.2 Å². The zero-order chi connectivity index (χ0) is 14.3. The van der Waals surface area contributed by atoms with Crippen molar-refractivity contribution in [1.82, 2.24) is 0 Å². The van der Waals surface area contributed by atoms with E-state index in [1.54, 1.807) is 14.2 Å². The standard InChI is InChI=1S/C15H25NO3/c1-5-6-11(2)19-10-13(16)12-7-8-14(17-3)15(9-12)18-4/h7-9,11,13H,5-6,10,16H2,1-4H3. The fraction of sp³-hybridized carbons (Fsp3) is 0.600. The highest BCUT2D eigenvalue weighted by Crippen LogP contribution is 2.29. The molecule has 4 heteroatoms. The Bertz CT molecular complexity index is 382. The predicted molar refractivity (Wildman–Crippen MR) is 76.8 cm³/mol. The molecular formula is C15H25NO3. The third-order valence-corrected chi connectivity index (χ3v) is 3.09. The van der Waals surface area contributed by atoms with Crippen LogP contribution in [0, 0.1) is 0 Å². The second-order valence-electron chi connectivity index (χ2n) is 4.65. The van der Waals surface area contributed by atoms with E-state index in [2.05, 4.69) is 13.8 Å². The summed E-state index contributed by atoms with van der Waals surface area (Å²) in [6.07, 6.45) is 2.42. The first kappa shape index (κ1) is 15.8. The molecule has 1 rings (SSSR count). The van der Waals surface area contributed by atoms with Gasteiger partial charge in [-0.25, -0.2) is 0 Å². The van der Waals surface area contributed by atoms with E-state index in [1.165, 1.54) is 0 Å². The van der Waals surface area contributed by atoms with Crippen molar-refractivity contribution in [2.75, 3.05) is 20.8 Å². The predicted octanol–water partition coefficient (Wildman–Crippen LogP) is 2.91. The Labute approximate surface area is 115 Å². The maximum atomic E-state index is 6.13. The summed E-state index contributed by atoms with van der Waals surface area (Å²) < 4.78 is 16.2. The van der Waals surface area contributed by atoms with E-state index < -0.39 is 0 Å². The Balaban J connectivity index is 2.64. The van der Waals surface area contributed by atoms with Crippen LogP contribution in [0.2, 0.25) is 0 Å². The van der Waals surface area contributed by atoms with Crippen LogP contribution in [0.4, 0.5) is 0 Å². The van der Waals surface area contributed by atoms with Crippen molar-refractivity contribution in [3.8, 4) is 11.5 Å². The Kier molecular flexibility index (Phi) is 6.67. The quantitative estimate of drug-likeness (QED) is 0.787. The second kappa shape index (κ2) is 8.02. The highest BCUT2D eigenvalue weighted by Gasteiger charge is 2.12. The first-order chi connectivity index (χ1) is 9.12. The van der Waals surface area contributed by atoms with Crippen LogP contribution in [0.15, 0.2) is 18.2 Å². The van der Waals surface area contributed by atoms with Gasteiger partial charge in [0.15, 0.2) is 11.5 Å². The van der Waals surface area contributed by atoms with E-state index in [-0.39, 0.29) is 12.1 Å². The highest BCUT2D eigenvalue weighted by molar-refractivity contribution is 5.43. The third-order valence-electron chi connectivity index (χ3n) is 3.09. The monoisotopic (exact) mass is 267 g/mol. The lowest BCUT2D eigenvalue weighted by Crippen LogP contribution is -2.20. The molecule has 2 unspecified atom stereocenters. The molecule has 4 nitrogen and oxygen atoms in total. The molecule has 0 aliphatic carbocycles. The highest BCUT2D eigenvalue weighted by atomic mass is 16.5. The maximum absolute atomic E-state index is 6.13. The van der Waals surface area contributed by atoms with Crippen molar-refractivity contribution in [3.05, 3.63) is 23.8 Å².